The van der Waals surface area contributed by atoms with E-state index in [1.54, 1.807) is 22.7 Å². The van der Waals surface area contributed by atoms with Crippen molar-refractivity contribution in [2.24, 2.45) is 0 Å². The molecule has 8 nitrogen and oxygen atoms in total. The number of rotatable bonds is 3. The third-order valence-electron chi connectivity index (χ3n) is 3.96. The highest BCUT2D eigenvalue weighted by Gasteiger charge is 2.28. The number of carbonyl (C=O) groups is 1. The van der Waals surface area contributed by atoms with E-state index < -0.39 is 10.5 Å². The summed E-state index contributed by atoms with van der Waals surface area (Å²) < 4.78 is 5.45. The molecule has 1 saturated heterocycles. The van der Waals surface area contributed by atoms with Crippen LogP contribution in [0.3, 0.4) is 0 Å². The quantitative estimate of drug-likeness (QED) is 0.641. The maximum absolute atomic E-state index is 12.3. The van der Waals surface area contributed by atoms with Crippen LogP contribution in [0.15, 0.2) is 23.4 Å². The third kappa shape index (κ3) is 4.46. The molecule has 3 rings (SSSR count). The van der Waals surface area contributed by atoms with Crippen LogP contribution in [0, 0.1) is 10.1 Å². The second-order valence-electron chi connectivity index (χ2n) is 7.31. The molecule has 2 heterocycles. The molecule has 1 fully saturated rings. The highest BCUT2D eigenvalue weighted by atomic mass is 32.2. The number of nitro groups is 1. The van der Waals surface area contributed by atoms with Gasteiger partial charge in [0.05, 0.1) is 16.0 Å². The molecule has 1 unspecified atom stereocenters. The van der Waals surface area contributed by atoms with Crippen LogP contribution in [0.25, 0.3) is 11.0 Å². The molecular formula is C17H22N4O4S. The lowest BCUT2D eigenvalue weighted by Crippen LogP contribution is -2.43. The molecule has 1 N–H and O–H groups in total. The highest BCUT2D eigenvalue weighted by molar-refractivity contribution is 7.99. The van der Waals surface area contributed by atoms with Crippen LogP contribution in [0.2, 0.25) is 0 Å². The van der Waals surface area contributed by atoms with Gasteiger partial charge in [-0.15, -0.1) is 0 Å². The Morgan fingerprint density at radius 1 is 1.46 bits per heavy atom. The number of imidazole rings is 1. The number of likely N-dealkylation sites (tertiary alicyclic amines) is 1. The van der Waals surface area contributed by atoms with Gasteiger partial charge in [0, 0.05) is 30.5 Å². The summed E-state index contributed by atoms with van der Waals surface area (Å²) in [6.07, 6.45) is 1.59. The molecule has 0 spiro atoms. The number of ether oxygens (including phenoxy) is 1. The standard InChI is InChI=1S/C17H22N4O4S/c1-17(2,3)25-16(22)20-8-4-5-12(10-20)26-15-18-13-7-6-11(21(23)24)9-14(13)19-15/h6-7,9,12H,4-5,8,10H2,1-3H3,(H,18,19). The van der Waals surface area contributed by atoms with Crippen molar-refractivity contribution in [3.8, 4) is 0 Å². The number of amides is 1. The van der Waals surface area contributed by atoms with Crippen LogP contribution in [0.4, 0.5) is 10.5 Å². The fourth-order valence-electron chi connectivity index (χ4n) is 2.83. The van der Waals surface area contributed by atoms with E-state index in [4.69, 9.17) is 4.74 Å². The molecule has 0 aliphatic carbocycles. The number of carbonyl (C=O) groups excluding carboxylic acids is 1. The van der Waals surface area contributed by atoms with E-state index in [2.05, 4.69) is 9.97 Å². The van der Waals surface area contributed by atoms with Gasteiger partial charge in [-0.1, -0.05) is 11.8 Å². The van der Waals surface area contributed by atoms with Crippen LogP contribution in [0.5, 0.6) is 0 Å². The number of aromatic nitrogens is 2. The lowest BCUT2D eigenvalue weighted by molar-refractivity contribution is -0.384. The number of piperidine rings is 1. The molecule has 1 aliphatic heterocycles. The molecule has 1 atom stereocenters. The summed E-state index contributed by atoms with van der Waals surface area (Å²) in [4.78, 5) is 32.1. The molecule has 1 aromatic carbocycles. The Bertz CT molecular complexity index is 830. The smallest absolute Gasteiger partial charge is 0.410 e. The zero-order valence-electron chi connectivity index (χ0n) is 15.0. The monoisotopic (exact) mass is 378 g/mol. The fourth-order valence-corrected chi connectivity index (χ4v) is 4.00. The van der Waals surface area contributed by atoms with Gasteiger partial charge in [-0.2, -0.15) is 0 Å². The van der Waals surface area contributed by atoms with E-state index >= 15 is 0 Å². The summed E-state index contributed by atoms with van der Waals surface area (Å²) >= 11 is 1.56. The van der Waals surface area contributed by atoms with Gasteiger partial charge in [-0.05, 0) is 39.7 Å². The summed E-state index contributed by atoms with van der Waals surface area (Å²) in [6.45, 7) is 6.85. The summed E-state index contributed by atoms with van der Waals surface area (Å²) in [7, 11) is 0. The minimum absolute atomic E-state index is 0.0338. The Labute approximate surface area is 155 Å². The predicted molar refractivity (Wildman–Crippen MR) is 99.4 cm³/mol. The Balaban J connectivity index is 1.67. The van der Waals surface area contributed by atoms with Gasteiger partial charge in [0.25, 0.3) is 5.69 Å². The lowest BCUT2D eigenvalue weighted by Gasteiger charge is -2.33. The minimum Gasteiger partial charge on any atom is -0.444 e. The van der Waals surface area contributed by atoms with Crippen molar-refractivity contribution < 1.29 is 14.5 Å². The SMILES string of the molecule is CC(C)(C)OC(=O)N1CCCC(Sc2nc3ccc([N+](=O)[O-])cc3[nH]2)C1. The maximum Gasteiger partial charge on any atom is 0.410 e. The molecule has 0 saturated carbocycles. The van der Waals surface area contributed by atoms with Gasteiger partial charge in [-0.25, -0.2) is 9.78 Å². The predicted octanol–water partition coefficient (Wildman–Crippen LogP) is 3.96. The van der Waals surface area contributed by atoms with E-state index in [1.165, 1.54) is 12.1 Å². The van der Waals surface area contributed by atoms with Gasteiger partial charge < -0.3 is 14.6 Å². The van der Waals surface area contributed by atoms with E-state index in [1.807, 2.05) is 20.8 Å². The number of benzene rings is 1. The number of thioether (sulfide) groups is 1. The number of nitrogens with one attached hydrogen (secondary N) is 1. The van der Waals surface area contributed by atoms with Crippen molar-refractivity contribution in [3.63, 3.8) is 0 Å². The number of hydrogen-bond acceptors (Lipinski definition) is 6. The van der Waals surface area contributed by atoms with Gasteiger partial charge in [0.1, 0.15) is 5.60 Å². The fraction of sp³-hybridized carbons (Fsp3) is 0.529. The number of fused-ring (bicyclic) bond motifs is 1. The zero-order valence-corrected chi connectivity index (χ0v) is 15.8. The largest absolute Gasteiger partial charge is 0.444 e. The van der Waals surface area contributed by atoms with E-state index in [-0.39, 0.29) is 17.0 Å². The van der Waals surface area contributed by atoms with Crippen LogP contribution in [-0.4, -0.2) is 49.8 Å². The summed E-state index contributed by atoms with van der Waals surface area (Å²) in [5.74, 6) is 0. The first kappa shape index (κ1) is 18.5. The van der Waals surface area contributed by atoms with Crippen LogP contribution in [0.1, 0.15) is 33.6 Å². The number of hydrogen-bond donors (Lipinski definition) is 1. The molecular weight excluding hydrogens is 356 g/mol. The second-order valence-corrected chi connectivity index (χ2v) is 8.60. The van der Waals surface area contributed by atoms with Gasteiger partial charge in [0.15, 0.2) is 5.16 Å². The molecule has 0 radical (unpaired) electrons. The van der Waals surface area contributed by atoms with Gasteiger partial charge in [-0.3, -0.25) is 10.1 Å². The highest BCUT2D eigenvalue weighted by Crippen LogP contribution is 2.30. The number of nitro benzene ring substituents is 1. The Morgan fingerprint density at radius 3 is 2.92 bits per heavy atom. The van der Waals surface area contributed by atoms with Crippen LogP contribution in [-0.2, 0) is 4.74 Å². The van der Waals surface area contributed by atoms with Crippen molar-refractivity contribution in [3.05, 3.63) is 28.3 Å². The molecule has 2 aromatic rings. The molecule has 1 aliphatic rings. The average Bonchev–Trinajstić information content (AvgIpc) is 2.94. The summed E-state index contributed by atoms with van der Waals surface area (Å²) in [5, 5.41) is 11.8. The Morgan fingerprint density at radius 2 is 2.23 bits per heavy atom. The average molecular weight is 378 g/mol. The third-order valence-corrected chi connectivity index (χ3v) is 5.10. The topological polar surface area (TPSA) is 101 Å². The lowest BCUT2D eigenvalue weighted by atomic mass is 10.1. The summed E-state index contributed by atoms with van der Waals surface area (Å²) in [6, 6.07) is 4.57. The first-order chi connectivity index (χ1) is 12.2. The van der Waals surface area contributed by atoms with Crippen LogP contribution < -0.4 is 0 Å². The number of H-pyrrole nitrogens is 1. The molecule has 1 aromatic heterocycles. The van der Waals surface area contributed by atoms with Crippen molar-refractivity contribution in [2.45, 2.75) is 49.6 Å². The first-order valence-corrected chi connectivity index (χ1v) is 9.38. The van der Waals surface area contributed by atoms with E-state index in [0.717, 1.165) is 12.8 Å². The first-order valence-electron chi connectivity index (χ1n) is 8.50. The van der Waals surface area contributed by atoms with E-state index in [9.17, 15) is 14.9 Å². The zero-order chi connectivity index (χ0) is 18.9. The Kier molecular flexibility index (Phi) is 5.08. The molecule has 0 bridgehead atoms. The van der Waals surface area contributed by atoms with E-state index in [0.29, 0.717) is 29.3 Å². The second kappa shape index (κ2) is 7.14. The van der Waals surface area contributed by atoms with Gasteiger partial charge in [0.2, 0.25) is 0 Å². The van der Waals surface area contributed by atoms with Crippen molar-refractivity contribution in [1.29, 1.82) is 0 Å². The Hall–Kier alpha value is -2.29. The van der Waals surface area contributed by atoms with Crippen LogP contribution >= 0.6 is 11.8 Å². The van der Waals surface area contributed by atoms with Crippen molar-refractivity contribution in [2.75, 3.05) is 13.1 Å². The molecule has 26 heavy (non-hydrogen) atoms. The van der Waals surface area contributed by atoms with Crippen molar-refractivity contribution >= 4 is 34.6 Å². The number of non-ortho nitro benzene ring substituents is 1. The van der Waals surface area contributed by atoms with Gasteiger partial charge >= 0.3 is 6.09 Å². The molecule has 1 amide bonds. The maximum atomic E-state index is 12.3. The minimum atomic E-state index is -0.509. The van der Waals surface area contributed by atoms with Crippen molar-refractivity contribution in [1.82, 2.24) is 14.9 Å². The number of nitrogens with zero attached hydrogens (tertiary/aromatic N) is 3. The number of aromatic amines is 1. The molecule has 9 heteroatoms. The summed E-state index contributed by atoms with van der Waals surface area (Å²) in [5.41, 5.74) is 0.857. The molecule has 140 valence electrons. The normalized spacial score (nSPS) is 18.1.